The number of piperazine rings is 1. The van der Waals surface area contributed by atoms with Crippen LogP contribution in [0, 0.1) is 0 Å². The first-order valence-corrected chi connectivity index (χ1v) is 10.6. The third kappa shape index (κ3) is 3.61. The molecule has 0 saturated carbocycles. The zero-order valence-corrected chi connectivity index (χ0v) is 15.9. The van der Waals surface area contributed by atoms with Crippen LogP contribution < -0.4 is 0 Å². The van der Waals surface area contributed by atoms with Crippen LogP contribution in [0.5, 0.6) is 0 Å². The van der Waals surface area contributed by atoms with E-state index in [1.54, 1.807) is 23.1 Å². The molecule has 1 aromatic carbocycles. The van der Waals surface area contributed by atoms with Gasteiger partial charge in [0.2, 0.25) is 0 Å². The fourth-order valence-electron chi connectivity index (χ4n) is 3.90. The quantitative estimate of drug-likeness (QED) is 0.719. The molecule has 0 aromatic heterocycles. The van der Waals surface area contributed by atoms with Crippen LogP contribution in [0.4, 0.5) is 0 Å². The monoisotopic (exact) mass is 380 g/mol. The van der Waals surface area contributed by atoms with Crippen LogP contribution >= 0.6 is 0 Å². The molecule has 142 valence electrons. The van der Waals surface area contributed by atoms with E-state index in [1.165, 1.54) is 13.2 Å². The maximum absolute atomic E-state index is 13.0. The zero-order chi connectivity index (χ0) is 18.9. The summed E-state index contributed by atoms with van der Waals surface area (Å²) in [7, 11) is -1.87. The minimum atomic E-state index is -3.16. The van der Waals surface area contributed by atoms with E-state index >= 15 is 0 Å². The van der Waals surface area contributed by atoms with Gasteiger partial charge in [0.15, 0.2) is 9.84 Å². The van der Waals surface area contributed by atoms with Crippen molar-refractivity contribution >= 4 is 21.7 Å². The number of amides is 1. The molecule has 0 N–H and O–H groups in total. The molecule has 2 saturated heterocycles. The van der Waals surface area contributed by atoms with Crippen LogP contribution in [0.25, 0.3) is 0 Å². The van der Waals surface area contributed by atoms with Crippen molar-refractivity contribution in [2.45, 2.75) is 25.4 Å². The minimum absolute atomic E-state index is 0.000311. The Hall–Kier alpha value is -1.93. The molecular formula is C18H24N2O5S. The summed E-state index contributed by atoms with van der Waals surface area (Å²) in [6.07, 6.45) is 0.943. The smallest absolute Gasteiger partial charge is 0.337 e. The number of nitrogens with zero attached hydrogens (tertiary/aromatic N) is 2. The molecule has 1 aromatic rings. The Kier molecular flexibility index (Phi) is 5.34. The molecule has 7 nitrogen and oxygen atoms in total. The first-order valence-electron chi connectivity index (χ1n) is 8.80. The summed E-state index contributed by atoms with van der Waals surface area (Å²) in [4.78, 5) is 28.6. The molecular weight excluding hydrogens is 356 g/mol. The van der Waals surface area contributed by atoms with Crippen LogP contribution in [0.3, 0.4) is 0 Å². The Balaban J connectivity index is 1.87. The first kappa shape index (κ1) is 18.8. The number of hydrogen-bond donors (Lipinski definition) is 0. The second kappa shape index (κ2) is 7.36. The van der Waals surface area contributed by atoms with Crippen molar-refractivity contribution in [2.24, 2.45) is 0 Å². The van der Waals surface area contributed by atoms with Gasteiger partial charge in [0.05, 0.1) is 30.2 Å². The molecule has 1 amide bonds. The number of fused-ring (bicyclic) bond motifs is 1. The highest BCUT2D eigenvalue weighted by molar-refractivity contribution is 7.91. The number of hydrogen-bond acceptors (Lipinski definition) is 6. The molecule has 2 fully saturated rings. The van der Waals surface area contributed by atoms with E-state index in [1.807, 2.05) is 0 Å². The summed E-state index contributed by atoms with van der Waals surface area (Å²) in [5, 5.41) is 0. The van der Waals surface area contributed by atoms with E-state index in [2.05, 4.69) is 11.8 Å². The Labute approximate surface area is 153 Å². The molecule has 2 aliphatic heterocycles. The minimum Gasteiger partial charge on any atom is -0.465 e. The highest BCUT2D eigenvalue weighted by Crippen LogP contribution is 2.28. The Morgan fingerprint density at radius 3 is 2.54 bits per heavy atom. The van der Waals surface area contributed by atoms with Gasteiger partial charge in [0, 0.05) is 24.7 Å². The van der Waals surface area contributed by atoms with Gasteiger partial charge in [0.25, 0.3) is 5.91 Å². The van der Waals surface area contributed by atoms with Crippen LogP contribution in [-0.4, -0.2) is 80.4 Å². The maximum atomic E-state index is 13.0. The molecule has 3 rings (SSSR count). The highest BCUT2D eigenvalue weighted by atomic mass is 32.2. The van der Waals surface area contributed by atoms with Crippen LogP contribution in [0.1, 0.15) is 34.1 Å². The Morgan fingerprint density at radius 1 is 1.15 bits per heavy atom. The molecule has 2 atom stereocenters. The maximum Gasteiger partial charge on any atom is 0.337 e. The summed E-state index contributed by atoms with van der Waals surface area (Å²) in [6.45, 7) is 4.04. The lowest BCUT2D eigenvalue weighted by Gasteiger charge is -2.44. The van der Waals surface area contributed by atoms with Crippen molar-refractivity contribution in [1.82, 2.24) is 9.80 Å². The number of esters is 1. The summed E-state index contributed by atoms with van der Waals surface area (Å²) in [5.41, 5.74) is 0.679. The van der Waals surface area contributed by atoms with Gasteiger partial charge in [-0.2, -0.15) is 0 Å². The molecule has 2 heterocycles. The Morgan fingerprint density at radius 2 is 1.85 bits per heavy atom. The average molecular weight is 380 g/mol. The van der Waals surface area contributed by atoms with Crippen LogP contribution in [-0.2, 0) is 14.6 Å². The lowest BCUT2D eigenvalue weighted by Crippen LogP contribution is -2.60. The van der Waals surface area contributed by atoms with Crippen LogP contribution in [0.15, 0.2) is 24.3 Å². The molecule has 2 aliphatic rings. The molecule has 0 bridgehead atoms. The van der Waals surface area contributed by atoms with Gasteiger partial charge in [-0.1, -0.05) is 13.0 Å². The lowest BCUT2D eigenvalue weighted by molar-refractivity contribution is 0.0333. The van der Waals surface area contributed by atoms with E-state index < -0.39 is 15.8 Å². The lowest BCUT2D eigenvalue weighted by atomic mass is 10.0. The fraction of sp³-hybridized carbons (Fsp3) is 0.556. The third-order valence-electron chi connectivity index (χ3n) is 5.09. The van der Waals surface area contributed by atoms with Crippen LogP contribution in [0.2, 0.25) is 0 Å². The van der Waals surface area contributed by atoms with Gasteiger partial charge in [-0.25, -0.2) is 13.2 Å². The van der Waals surface area contributed by atoms with Gasteiger partial charge >= 0.3 is 5.97 Å². The number of carbonyl (C=O) groups excluding carboxylic acids is 2. The van der Waals surface area contributed by atoms with Crippen molar-refractivity contribution in [2.75, 3.05) is 38.2 Å². The molecule has 0 unspecified atom stereocenters. The predicted molar refractivity (Wildman–Crippen MR) is 96.9 cm³/mol. The number of benzene rings is 1. The van der Waals surface area contributed by atoms with Gasteiger partial charge in [0.1, 0.15) is 0 Å². The number of sulfone groups is 1. The normalized spacial score (nSPS) is 24.9. The van der Waals surface area contributed by atoms with Crippen molar-refractivity contribution in [3.05, 3.63) is 35.4 Å². The van der Waals surface area contributed by atoms with E-state index in [9.17, 15) is 18.0 Å². The molecule has 0 spiro atoms. The van der Waals surface area contributed by atoms with E-state index in [4.69, 9.17) is 4.74 Å². The summed E-state index contributed by atoms with van der Waals surface area (Å²) < 4.78 is 29.1. The topological polar surface area (TPSA) is 84.0 Å². The van der Waals surface area contributed by atoms with Crippen molar-refractivity contribution < 1.29 is 22.7 Å². The second-order valence-corrected chi connectivity index (χ2v) is 8.97. The molecule has 8 heteroatoms. The summed E-state index contributed by atoms with van der Waals surface area (Å²) in [6, 6.07) is 5.88. The van der Waals surface area contributed by atoms with Gasteiger partial charge < -0.3 is 9.64 Å². The van der Waals surface area contributed by atoms with Gasteiger partial charge in [-0.15, -0.1) is 0 Å². The summed E-state index contributed by atoms with van der Waals surface area (Å²) >= 11 is 0. The van der Waals surface area contributed by atoms with E-state index in [0.29, 0.717) is 24.2 Å². The average Bonchev–Trinajstić information content (AvgIpc) is 2.96. The Bertz CT molecular complexity index is 808. The van der Waals surface area contributed by atoms with Gasteiger partial charge in [-0.05, 0) is 31.2 Å². The standard InChI is InChI=1S/C18H24N2O5S/c1-3-7-19-8-9-20(16-12-26(23,24)11-15(16)19)17(21)13-5-4-6-14(10-13)18(22)25-2/h4-6,10,15-16H,3,7-9,11-12H2,1-2H3/t15-,16+/m1/s1. The predicted octanol–water partition coefficient (Wildman–Crippen LogP) is 0.807. The number of rotatable bonds is 4. The molecule has 0 radical (unpaired) electrons. The molecule has 0 aliphatic carbocycles. The second-order valence-electron chi connectivity index (χ2n) is 6.82. The van der Waals surface area contributed by atoms with Crippen molar-refractivity contribution in [1.29, 1.82) is 0 Å². The third-order valence-corrected chi connectivity index (χ3v) is 6.79. The van der Waals surface area contributed by atoms with Crippen molar-refractivity contribution in [3.63, 3.8) is 0 Å². The first-order chi connectivity index (χ1) is 12.4. The van der Waals surface area contributed by atoms with Crippen molar-refractivity contribution in [3.8, 4) is 0 Å². The van der Waals surface area contributed by atoms with E-state index in [0.717, 1.165) is 13.0 Å². The zero-order valence-electron chi connectivity index (χ0n) is 15.1. The fourth-order valence-corrected chi connectivity index (χ4v) is 5.92. The number of carbonyl (C=O) groups is 2. The van der Waals surface area contributed by atoms with E-state index in [-0.39, 0.29) is 29.5 Å². The van der Waals surface area contributed by atoms with Gasteiger partial charge in [-0.3, -0.25) is 9.69 Å². The number of ether oxygens (including phenoxy) is 1. The summed E-state index contributed by atoms with van der Waals surface area (Å²) in [5.74, 6) is -0.642. The largest absolute Gasteiger partial charge is 0.465 e. The molecule has 26 heavy (non-hydrogen) atoms. The highest BCUT2D eigenvalue weighted by Gasteiger charge is 2.47. The SMILES string of the molecule is CCCN1CCN(C(=O)c2cccc(C(=O)OC)c2)[C@H]2CS(=O)(=O)C[C@H]21. The number of methoxy groups -OCH3 is 1.